The van der Waals surface area contributed by atoms with Crippen LogP contribution >= 0.6 is 0 Å². The molecule has 0 aliphatic heterocycles. The Morgan fingerprint density at radius 1 is 1.31 bits per heavy atom. The van der Waals surface area contributed by atoms with Gasteiger partial charge in [-0.2, -0.15) is 0 Å². The third-order valence-corrected chi connectivity index (χ3v) is 1.98. The molecule has 2 unspecified atom stereocenters. The summed E-state index contributed by atoms with van der Waals surface area (Å²) in [7, 11) is 0. The maximum atomic E-state index is 12.7. The Labute approximate surface area is 89.7 Å². The lowest BCUT2D eigenvalue weighted by molar-refractivity contribution is 0.0411. The fourth-order valence-corrected chi connectivity index (χ4v) is 1.15. The van der Waals surface area contributed by atoms with E-state index >= 15 is 0 Å². The Bertz CT molecular complexity index is 382. The first-order chi connectivity index (χ1) is 7.43. The number of hydrogen-bond acceptors (Lipinski definition) is 3. The SMILES string of the molecule is NC(O)c1cccc(C(=O)C(F)C(F)F)c1. The molecule has 0 saturated heterocycles. The Morgan fingerprint density at radius 3 is 2.44 bits per heavy atom. The molecule has 0 saturated carbocycles. The minimum absolute atomic E-state index is 0.160. The van der Waals surface area contributed by atoms with Gasteiger partial charge in [-0.3, -0.25) is 4.79 Å². The van der Waals surface area contributed by atoms with Crippen LogP contribution in [0.2, 0.25) is 0 Å². The molecule has 0 amide bonds. The van der Waals surface area contributed by atoms with Crippen LogP contribution in [0.15, 0.2) is 24.3 Å². The molecule has 0 aliphatic carbocycles. The summed E-state index contributed by atoms with van der Waals surface area (Å²) in [4.78, 5) is 11.2. The fourth-order valence-electron chi connectivity index (χ4n) is 1.15. The van der Waals surface area contributed by atoms with E-state index < -0.39 is 24.6 Å². The van der Waals surface area contributed by atoms with Gasteiger partial charge in [0.05, 0.1) is 0 Å². The predicted octanol–water partition coefficient (Wildman–Crippen LogP) is 1.42. The van der Waals surface area contributed by atoms with Crippen LogP contribution in [0.25, 0.3) is 0 Å². The zero-order chi connectivity index (χ0) is 12.3. The number of hydrogen-bond donors (Lipinski definition) is 2. The molecule has 0 spiro atoms. The molecule has 3 N–H and O–H groups in total. The summed E-state index contributed by atoms with van der Waals surface area (Å²) in [5.74, 6) is -1.32. The van der Waals surface area contributed by atoms with Gasteiger partial charge in [0.15, 0.2) is 0 Å². The van der Waals surface area contributed by atoms with Crippen molar-refractivity contribution in [2.24, 2.45) is 5.73 Å². The second kappa shape index (κ2) is 5.09. The van der Waals surface area contributed by atoms with Crippen LogP contribution in [-0.2, 0) is 0 Å². The van der Waals surface area contributed by atoms with Gasteiger partial charge in [0.1, 0.15) is 6.23 Å². The van der Waals surface area contributed by atoms with Crippen LogP contribution in [0.1, 0.15) is 22.1 Å². The van der Waals surface area contributed by atoms with Crippen LogP contribution in [0, 0.1) is 0 Å². The summed E-state index contributed by atoms with van der Waals surface area (Å²) in [6.45, 7) is 0. The summed E-state index contributed by atoms with van der Waals surface area (Å²) in [5.41, 5.74) is 5.04. The number of aliphatic hydroxyl groups excluding tert-OH is 1. The second-order valence-electron chi connectivity index (χ2n) is 3.17. The van der Waals surface area contributed by atoms with E-state index in [4.69, 9.17) is 10.8 Å². The van der Waals surface area contributed by atoms with Crippen molar-refractivity contribution in [1.82, 2.24) is 0 Å². The molecule has 0 aliphatic rings. The topological polar surface area (TPSA) is 63.3 Å². The molecular weight excluding hydrogens is 223 g/mol. The molecular formula is C10H10F3NO2. The van der Waals surface area contributed by atoms with Crippen molar-refractivity contribution in [3.05, 3.63) is 35.4 Å². The number of carbonyl (C=O) groups excluding carboxylic acids is 1. The molecule has 16 heavy (non-hydrogen) atoms. The van der Waals surface area contributed by atoms with Crippen molar-refractivity contribution in [3.63, 3.8) is 0 Å². The second-order valence-corrected chi connectivity index (χ2v) is 3.17. The number of Topliss-reactive ketones (excluding diaryl/α,β-unsaturated/α-hetero) is 1. The van der Waals surface area contributed by atoms with Gasteiger partial charge in [-0.25, -0.2) is 13.2 Å². The smallest absolute Gasteiger partial charge is 0.276 e. The molecule has 2 atom stereocenters. The van der Waals surface area contributed by atoms with Crippen molar-refractivity contribution in [3.8, 4) is 0 Å². The number of halogens is 3. The number of rotatable bonds is 4. The number of nitrogens with two attached hydrogens (primary N) is 1. The number of benzene rings is 1. The van der Waals surface area contributed by atoms with E-state index in [0.29, 0.717) is 0 Å². The van der Waals surface area contributed by atoms with Crippen LogP contribution in [0.4, 0.5) is 13.2 Å². The van der Waals surface area contributed by atoms with Gasteiger partial charge in [-0.05, 0) is 11.6 Å². The van der Waals surface area contributed by atoms with Gasteiger partial charge in [0.2, 0.25) is 12.0 Å². The third-order valence-electron chi connectivity index (χ3n) is 1.98. The molecule has 1 aromatic rings. The van der Waals surface area contributed by atoms with Crippen molar-refractivity contribution in [2.75, 3.05) is 0 Å². The molecule has 1 rings (SSSR count). The molecule has 1 aromatic carbocycles. The van der Waals surface area contributed by atoms with Crippen molar-refractivity contribution < 1.29 is 23.1 Å². The minimum Gasteiger partial charge on any atom is -0.375 e. The lowest BCUT2D eigenvalue weighted by atomic mass is 10.0. The molecule has 0 heterocycles. The van der Waals surface area contributed by atoms with Gasteiger partial charge < -0.3 is 10.8 Å². The van der Waals surface area contributed by atoms with Crippen molar-refractivity contribution in [2.45, 2.75) is 18.8 Å². The lowest BCUT2D eigenvalue weighted by Gasteiger charge is -2.09. The predicted molar refractivity (Wildman–Crippen MR) is 50.8 cm³/mol. The first-order valence-electron chi connectivity index (χ1n) is 4.43. The van der Waals surface area contributed by atoms with E-state index in [-0.39, 0.29) is 11.1 Å². The van der Waals surface area contributed by atoms with Crippen molar-refractivity contribution in [1.29, 1.82) is 0 Å². The highest BCUT2D eigenvalue weighted by molar-refractivity contribution is 5.99. The van der Waals surface area contributed by atoms with E-state index in [2.05, 4.69) is 0 Å². The summed E-state index contributed by atoms with van der Waals surface area (Å²) < 4.78 is 36.7. The summed E-state index contributed by atoms with van der Waals surface area (Å²) >= 11 is 0. The van der Waals surface area contributed by atoms with Gasteiger partial charge in [-0.15, -0.1) is 0 Å². The number of carbonyl (C=O) groups is 1. The van der Waals surface area contributed by atoms with Gasteiger partial charge in [-0.1, -0.05) is 18.2 Å². The summed E-state index contributed by atoms with van der Waals surface area (Å²) in [6.07, 6.45) is -7.55. The standard InChI is InChI=1S/C10H10F3NO2/c11-7(9(12)13)8(15)5-2-1-3-6(4-5)10(14)16/h1-4,7,9-10,16H,14H2. The quantitative estimate of drug-likeness (QED) is 0.610. The monoisotopic (exact) mass is 233 g/mol. The van der Waals surface area contributed by atoms with Gasteiger partial charge >= 0.3 is 0 Å². The average molecular weight is 233 g/mol. The Hall–Kier alpha value is -1.40. The number of ketones is 1. The maximum Gasteiger partial charge on any atom is 0.276 e. The largest absolute Gasteiger partial charge is 0.375 e. The van der Waals surface area contributed by atoms with E-state index in [9.17, 15) is 18.0 Å². The van der Waals surface area contributed by atoms with Crippen LogP contribution < -0.4 is 5.73 Å². The van der Waals surface area contributed by atoms with Crippen LogP contribution in [0.5, 0.6) is 0 Å². The van der Waals surface area contributed by atoms with E-state index in [1.165, 1.54) is 18.2 Å². The minimum atomic E-state index is -3.36. The summed E-state index contributed by atoms with van der Waals surface area (Å²) in [6, 6.07) is 5.00. The average Bonchev–Trinajstić information content (AvgIpc) is 2.27. The normalized spacial score (nSPS) is 14.9. The highest BCUT2D eigenvalue weighted by Gasteiger charge is 2.28. The Kier molecular flexibility index (Phi) is 4.03. The number of aliphatic hydroxyl groups is 1. The lowest BCUT2D eigenvalue weighted by Crippen LogP contribution is -2.24. The zero-order valence-electron chi connectivity index (χ0n) is 8.11. The first kappa shape index (κ1) is 12.7. The molecule has 0 radical (unpaired) electrons. The molecule has 0 aromatic heterocycles. The number of alkyl halides is 3. The molecule has 0 fully saturated rings. The van der Waals surface area contributed by atoms with Gasteiger partial charge in [0.25, 0.3) is 6.43 Å². The molecule has 6 heteroatoms. The molecule has 3 nitrogen and oxygen atoms in total. The molecule has 88 valence electrons. The fraction of sp³-hybridized carbons (Fsp3) is 0.300. The van der Waals surface area contributed by atoms with E-state index in [1.54, 1.807) is 0 Å². The maximum absolute atomic E-state index is 12.7. The Morgan fingerprint density at radius 2 is 1.94 bits per heavy atom. The Balaban J connectivity index is 2.96. The molecule has 0 bridgehead atoms. The van der Waals surface area contributed by atoms with Crippen molar-refractivity contribution >= 4 is 5.78 Å². The first-order valence-corrected chi connectivity index (χ1v) is 4.43. The highest BCUT2D eigenvalue weighted by atomic mass is 19.3. The van der Waals surface area contributed by atoms with Crippen LogP contribution in [-0.4, -0.2) is 23.5 Å². The zero-order valence-corrected chi connectivity index (χ0v) is 8.11. The van der Waals surface area contributed by atoms with Crippen LogP contribution in [0.3, 0.4) is 0 Å². The van der Waals surface area contributed by atoms with E-state index in [0.717, 1.165) is 6.07 Å². The third kappa shape index (κ3) is 2.80. The van der Waals surface area contributed by atoms with Gasteiger partial charge in [0, 0.05) is 5.56 Å². The van der Waals surface area contributed by atoms with E-state index in [1.807, 2.05) is 0 Å². The highest BCUT2D eigenvalue weighted by Crippen LogP contribution is 2.16. The summed E-state index contributed by atoms with van der Waals surface area (Å²) in [5, 5.41) is 9.00.